The first-order chi connectivity index (χ1) is 18.4. The molecular formula is C22H18F6N4O6PdS2. The van der Waals surface area contributed by atoms with E-state index < -0.39 is 31.3 Å². The van der Waals surface area contributed by atoms with Crippen LogP contribution in [0.15, 0.2) is 97.6 Å². The van der Waals surface area contributed by atoms with E-state index in [0.717, 1.165) is 22.8 Å². The average Bonchev–Trinajstić information content (AvgIpc) is 2.90. The summed E-state index contributed by atoms with van der Waals surface area (Å²) in [6.07, 6.45) is 7.07. The van der Waals surface area contributed by atoms with Crippen LogP contribution in [-0.2, 0) is 40.7 Å². The first-order valence-corrected chi connectivity index (χ1v) is 13.0. The van der Waals surface area contributed by atoms with E-state index in [4.69, 9.17) is 25.9 Å². The largest absolute Gasteiger partial charge is 0.522 e. The number of rotatable bonds is 2. The molecule has 0 aliphatic rings. The Morgan fingerprint density at radius 1 is 0.463 bits per heavy atom. The Bertz CT molecular complexity index is 1310. The van der Waals surface area contributed by atoms with Crippen molar-refractivity contribution in [3.8, 4) is 22.8 Å². The maximum Gasteiger partial charge on any atom is 0.522 e. The fourth-order valence-electron chi connectivity index (χ4n) is 2.06. The minimum atomic E-state index is -5.84. The molecule has 19 heteroatoms. The molecule has 0 spiro atoms. The number of alkyl halides is 6. The van der Waals surface area contributed by atoms with Gasteiger partial charge in [-0.3, -0.25) is 29.0 Å². The summed E-state index contributed by atoms with van der Waals surface area (Å²) >= 11 is 0. The average molecular weight is 719 g/mol. The van der Waals surface area contributed by atoms with Crippen LogP contribution in [0.1, 0.15) is 0 Å². The van der Waals surface area contributed by atoms with Crippen LogP contribution in [0.5, 0.6) is 0 Å². The van der Waals surface area contributed by atoms with E-state index in [-0.39, 0.29) is 20.4 Å². The molecule has 0 aliphatic carbocycles. The van der Waals surface area contributed by atoms with Crippen LogP contribution in [0.2, 0.25) is 0 Å². The maximum atomic E-state index is 10.7. The van der Waals surface area contributed by atoms with Gasteiger partial charge < -0.3 is 0 Å². The van der Waals surface area contributed by atoms with Crippen LogP contribution in [-0.4, -0.2) is 56.9 Å². The van der Waals surface area contributed by atoms with Crippen LogP contribution in [0.4, 0.5) is 26.3 Å². The third-order valence-corrected chi connectivity index (χ3v) is 4.94. The molecule has 0 fully saturated rings. The third-order valence-electron chi connectivity index (χ3n) is 3.77. The van der Waals surface area contributed by atoms with Gasteiger partial charge in [-0.25, -0.2) is 0 Å². The molecule has 0 atom stereocenters. The molecule has 2 N–H and O–H groups in total. The Labute approximate surface area is 243 Å². The van der Waals surface area contributed by atoms with Gasteiger partial charge >= 0.3 is 31.3 Å². The van der Waals surface area contributed by atoms with Crippen molar-refractivity contribution < 1.29 is 72.7 Å². The minimum Gasteiger partial charge on any atom is -0.279 e. The smallest absolute Gasteiger partial charge is 0.279 e. The fraction of sp³-hybridized carbons (Fsp3) is 0.0909. The molecule has 0 bridgehead atoms. The number of aromatic nitrogens is 4. The summed E-state index contributed by atoms with van der Waals surface area (Å²) < 4.78 is 115. The van der Waals surface area contributed by atoms with Gasteiger partial charge in [-0.15, -0.1) is 0 Å². The number of halogens is 6. The zero-order valence-corrected chi connectivity index (χ0v) is 23.1. The summed E-state index contributed by atoms with van der Waals surface area (Å²) in [5, 5.41) is 0. The van der Waals surface area contributed by atoms with Gasteiger partial charge in [0.25, 0.3) is 0 Å². The summed E-state index contributed by atoms with van der Waals surface area (Å²) in [7, 11) is -11.7. The number of hydrogen-bond donors (Lipinski definition) is 2. The zero-order valence-electron chi connectivity index (χ0n) is 20.0. The molecule has 4 rings (SSSR count). The topological polar surface area (TPSA) is 160 Å². The zero-order chi connectivity index (χ0) is 30.5. The Kier molecular flexibility index (Phi) is 15.4. The van der Waals surface area contributed by atoms with Gasteiger partial charge in [-0.05, 0) is 48.5 Å². The van der Waals surface area contributed by atoms with Crippen LogP contribution in [0.25, 0.3) is 22.8 Å². The summed E-state index contributed by atoms with van der Waals surface area (Å²) in [6, 6.07) is 23.2. The van der Waals surface area contributed by atoms with Crippen molar-refractivity contribution in [2.45, 2.75) is 11.0 Å². The van der Waals surface area contributed by atoms with Gasteiger partial charge in [0.05, 0.1) is 22.8 Å². The molecule has 41 heavy (non-hydrogen) atoms. The number of pyridine rings is 4. The Morgan fingerprint density at radius 3 is 0.732 bits per heavy atom. The van der Waals surface area contributed by atoms with Crippen LogP contribution < -0.4 is 0 Å². The van der Waals surface area contributed by atoms with Gasteiger partial charge in [-0.2, -0.15) is 43.2 Å². The van der Waals surface area contributed by atoms with Gasteiger partial charge in [0.1, 0.15) is 0 Å². The van der Waals surface area contributed by atoms with Crippen molar-refractivity contribution in [3.63, 3.8) is 0 Å². The van der Waals surface area contributed by atoms with Crippen molar-refractivity contribution in [1.82, 2.24) is 19.9 Å². The standard InChI is InChI=1S/2C10H8N2.2CHF3O3S.Pd/c2*1-3-7-11-9(5-1)10-6-2-4-8-12-10;2*2-1(3,4)8(5,6)7;/h2*1-8H;2*(H,5,6,7);. The molecule has 10 nitrogen and oxygen atoms in total. The Balaban J connectivity index is 0.000000528. The normalized spacial score (nSPS) is 11.1. The Morgan fingerprint density at radius 2 is 0.634 bits per heavy atom. The second-order valence-corrected chi connectivity index (χ2v) is 9.53. The van der Waals surface area contributed by atoms with Gasteiger partial charge in [0.15, 0.2) is 0 Å². The second kappa shape index (κ2) is 16.8. The van der Waals surface area contributed by atoms with Crippen LogP contribution >= 0.6 is 0 Å². The van der Waals surface area contributed by atoms with E-state index in [2.05, 4.69) is 19.9 Å². The molecule has 0 radical (unpaired) electrons. The van der Waals surface area contributed by atoms with Gasteiger partial charge in [0.2, 0.25) is 0 Å². The summed E-state index contributed by atoms with van der Waals surface area (Å²) in [5.41, 5.74) is -7.41. The summed E-state index contributed by atoms with van der Waals surface area (Å²) in [4.78, 5) is 16.7. The van der Waals surface area contributed by atoms with Crippen molar-refractivity contribution in [2.24, 2.45) is 0 Å². The maximum absolute atomic E-state index is 10.7. The molecule has 4 aromatic rings. The number of nitrogens with zero attached hydrogens (tertiary/aromatic N) is 4. The molecule has 0 unspecified atom stereocenters. The van der Waals surface area contributed by atoms with Crippen molar-refractivity contribution >= 4 is 20.2 Å². The Hall–Kier alpha value is -3.34. The molecule has 0 aromatic carbocycles. The van der Waals surface area contributed by atoms with E-state index in [1.54, 1.807) is 24.8 Å². The number of hydrogen-bond acceptors (Lipinski definition) is 8. The molecular weight excluding hydrogens is 701 g/mol. The van der Waals surface area contributed by atoms with Gasteiger partial charge in [-0.1, -0.05) is 24.3 Å². The SMILES string of the molecule is O=S(=O)(O)C(F)(F)F.O=S(=O)(O)C(F)(F)F.[Pd].c1ccc(-c2ccccn2)nc1.c1ccc(-c2ccccn2)nc1. The van der Waals surface area contributed by atoms with Crippen molar-refractivity contribution in [3.05, 3.63) is 97.6 Å². The van der Waals surface area contributed by atoms with Crippen molar-refractivity contribution in [1.29, 1.82) is 0 Å². The quantitative estimate of drug-likeness (QED) is 0.124. The van der Waals surface area contributed by atoms with E-state index >= 15 is 0 Å². The van der Waals surface area contributed by atoms with Crippen LogP contribution in [0.3, 0.4) is 0 Å². The molecule has 0 aliphatic heterocycles. The summed E-state index contributed by atoms with van der Waals surface area (Å²) in [6.45, 7) is 0. The molecule has 0 saturated heterocycles. The van der Waals surface area contributed by atoms with E-state index in [0.29, 0.717) is 0 Å². The molecule has 226 valence electrons. The molecule has 4 aromatic heterocycles. The van der Waals surface area contributed by atoms with Crippen molar-refractivity contribution in [2.75, 3.05) is 0 Å². The molecule has 0 saturated carbocycles. The third kappa shape index (κ3) is 14.7. The predicted octanol–water partition coefficient (Wildman–Crippen LogP) is 5.07. The van der Waals surface area contributed by atoms with E-state index in [1.807, 2.05) is 72.8 Å². The minimum absolute atomic E-state index is 0. The van der Waals surface area contributed by atoms with Gasteiger partial charge in [0, 0.05) is 45.2 Å². The first kappa shape index (κ1) is 37.7. The second-order valence-electron chi connectivity index (χ2n) is 6.70. The molecule has 4 heterocycles. The van der Waals surface area contributed by atoms with E-state index in [1.165, 1.54) is 0 Å². The van der Waals surface area contributed by atoms with Crippen LogP contribution in [0, 0.1) is 0 Å². The molecule has 0 amide bonds. The predicted molar refractivity (Wildman–Crippen MR) is 130 cm³/mol. The first-order valence-electron chi connectivity index (χ1n) is 10.2. The summed E-state index contributed by atoms with van der Waals surface area (Å²) in [5.74, 6) is 0. The van der Waals surface area contributed by atoms with E-state index in [9.17, 15) is 26.3 Å². The fourth-order valence-corrected chi connectivity index (χ4v) is 2.06. The monoisotopic (exact) mass is 718 g/mol.